The first-order valence-electron chi connectivity index (χ1n) is 6.05. The van der Waals surface area contributed by atoms with Gasteiger partial charge in [0.05, 0.1) is 6.54 Å². The first-order chi connectivity index (χ1) is 8.78. The normalized spacial score (nSPS) is 10.3. The van der Waals surface area contributed by atoms with E-state index in [0.717, 1.165) is 30.1 Å². The molecule has 0 N–H and O–H groups in total. The van der Waals surface area contributed by atoms with Gasteiger partial charge >= 0.3 is 0 Å². The minimum absolute atomic E-state index is 0.452. The third kappa shape index (κ3) is 2.38. The quantitative estimate of drug-likeness (QED) is 0.817. The van der Waals surface area contributed by atoms with Crippen LogP contribution in [0.3, 0.4) is 0 Å². The van der Waals surface area contributed by atoms with Crippen LogP contribution in [0.15, 0.2) is 18.3 Å². The maximum absolute atomic E-state index is 9.02. The maximum atomic E-state index is 9.02. The van der Waals surface area contributed by atoms with E-state index in [-0.39, 0.29) is 0 Å². The van der Waals surface area contributed by atoms with Gasteiger partial charge in [-0.05, 0) is 6.07 Å². The van der Waals surface area contributed by atoms with E-state index in [2.05, 4.69) is 28.1 Å². The zero-order valence-electron chi connectivity index (χ0n) is 10.6. The summed E-state index contributed by atoms with van der Waals surface area (Å²) in [5.41, 5.74) is 1.33. The molecule has 0 atom stereocenters. The Morgan fingerprint density at radius 1 is 1.33 bits per heavy atom. The van der Waals surface area contributed by atoms with Crippen molar-refractivity contribution in [3.8, 4) is 6.07 Å². The topological polar surface area (TPSA) is 67.4 Å². The van der Waals surface area contributed by atoms with Crippen LogP contribution in [0.25, 0.3) is 0 Å². The van der Waals surface area contributed by atoms with E-state index >= 15 is 0 Å². The highest BCUT2D eigenvalue weighted by Crippen LogP contribution is 2.09. The lowest BCUT2D eigenvalue weighted by Gasteiger charge is -2.05. The van der Waals surface area contributed by atoms with Crippen molar-refractivity contribution in [2.24, 2.45) is 0 Å². The van der Waals surface area contributed by atoms with Crippen molar-refractivity contribution < 1.29 is 0 Å². The molecular formula is C13H15N5. The van der Waals surface area contributed by atoms with Gasteiger partial charge in [0.1, 0.15) is 17.6 Å². The molecule has 0 aliphatic carbocycles. The smallest absolute Gasteiger partial charge is 0.150 e. The number of rotatable bonds is 4. The Kier molecular flexibility index (Phi) is 3.68. The van der Waals surface area contributed by atoms with Crippen molar-refractivity contribution in [3.05, 3.63) is 41.2 Å². The van der Waals surface area contributed by atoms with Crippen LogP contribution in [0.1, 0.15) is 36.8 Å². The third-order valence-electron chi connectivity index (χ3n) is 2.74. The summed E-state index contributed by atoms with van der Waals surface area (Å²) in [4.78, 5) is 8.50. The Bertz CT molecular complexity index is 579. The van der Waals surface area contributed by atoms with Crippen LogP contribution < -0.4 is 0 Å². The Morgan fingerprint density at radius 3 is 2.83 bits per heavy atom. The zero-order valence-corrected chi connectivity index (χ0v) is 10.6. The number of pyridine rings is 1. The van der Waals surface area contributed by atoms with Crippen molar-refractivity contribution >= 4 is 0 Å². The van der Waals surface area contributed by atoms with Crippen molar-refractivity contribution in [2.45, 2.75) is 33.2 Å². The predicted molar refractivity (Wildman–Crippen MR) is 66.8 cm³/mol. The fourth-order valence-electron chi connectivity index (χ4n) is 1.79. The molecule has 2 aromatic rings. The van der Waals surface area contributed by atoms with Crippen molar-refractivity contribution in [1.29, 1.82) is 5.26 Å². The van der Waals surface area contributed by atoms with E-state index in [4.69, 9.17) is 5.26 Å². The second kappa shape index (κ2) is 5.41. The molecule has 0 fully saturated rings. The molecule has 0 saturated carbocycles. The number of aryl methyl sites for hydroxylation is 2. The van der Waals surface area contributed by atoms with Gasteiger partial charge in [-0.15, -0.1) is 0 Å². The lowest BCUT2D eigenvalue weighted by Crippen LogP contribution is -2.08. The summed E-state index contributed by atoms with van der Waals surface area (Å²) < 4.78 is 1.86. The highest BCUT2D eigenvalue weighted by molar-refractivity contribution is 5.30. The van der Waals surface area contributed by atoms with E-state index in [1.54, 1.807) is 6.20 Å². The van der Waals surface area contributed by atoms with Crippen molar-refractivity contribution in [3.63, 3.8) is 0 Å². The average molecular weight is 241 g/mol. The van der Waals surface area contributed by atoms with Gasteiger partial charge in [0, 0.05) is 24.6 Å². The fraction of sp³-hybridized carbons (Fsp3) is 0.385. The molecule has 0 radical (unpaired) electrons. The number of hydrogen-bond donors (Lipinski definition) is 0. The molecule has 0 unspecified atom stereocenters. The summed E-state index contributed by atoms with van der Waals surface area (Å²) in [6, 6.07) is 5.84. The van der Waals surface area contributed by atoms with Crippen molar-refractivity contribution in [2.75, 3.05) is 0 Å². The van der Waals surface area contributed by atoms with E-state index < -0.39 is 0 Å². The maximum Gasteiger partial charge on any atom is 0.150 e. The molecule has 0 aromatic carbocycles. The van der Waals surface area contributed by atoms with Gasteiger partial charge in [0.15, 0.2) is 5.82 Å². The molecule has 92 valence electrons. The van der Waals surface area contributed by atoms with Gasteiger partial charge in [-0.25, -0.2) is 14.6 Å². The summed E-state index contributed by atoms with van der Waals surface area (Å²) in [7, 11) is 0. The zero-order chi connectivity index (χ0) is 13.0. The second-order valence-corrected chi connectivity index (χ2v) is 3.93. The lowest BCUT2D eigenvalue weighted by molar-refractivity contribution is 0.634. The SMILES string of the molecule is CCc1nc(CC)n(Cc2cccnc2C#N)n1. The fourth-order valence-corrected chi connectivity index (χ4v) is 1.79. The molecule has 2 heterocycles. The summed E-state index contributed by atoms with van der Waals surface area (Å²) >= 11 is 0. The van der Waals surface area contributed by atoms with Crippen LogP contribution in [-0.2, 0) is 19.4 Å². The predicted octanol–water partition coefficient (Wildman–Crippen LogP) is 1.72. The summed E-state index contributed by atoms with van der Waals surface area (Å²) in [5.74, 6) is 1.79. The minimum Gasteiger partial charge on any atom is -0.245 e. The molecule has 2 rings (SSSR count). The van der Waals surface area contributed by atoms with Crippen molar-refractivity contribution in [1.82, 2.24) is 19.7 Å². The molecule has 0 spiro atoms. The van der Waals surface area contributed by atoms with E-state index in [9.17, 15) is 0 Å². The second-order valence-electron chi connectivity index (χ2n) is 3.93. The highest BCUT2D eigenvalue weighted by atomic mass is 15.3. The van der Waals surface area contributed by atoms with E-state index in [1.807, 2.05) is 23.7 Å². The van der Waals surface area contributed by atoms with Gasteiger partial charge in [-0.3, -0.25) is 0 Å². The number of hydrogen-bond acceptors (Lipinski definition) is 4. The highest BCUT2D eigenvalue weighted by Gasteiger charge is 2.10. The van der Waals surface area contributed by atoms with E-state index in [0.29, 0.717) is 12.2 Å². The van der Waals surface area contributed by atoms with E-state index in [1.165, 1.54) is 0 Å². The minimum atomic E-state index is 0.452. The Balaban J connectivity index is 2.34. The Hall–Kier alpha value is -2.22. The monoisotopic (exact) mass is 241 g/mol. The molecule has 5 nitrogen and oxygen atoms in total. The summed E-state index contributed by atoms with van der Waals surface area (Å²) in [5, 5.41) is 13.5. The molecule has 2 aromatic heterocycles. The molecule has 0 bridgehead atoms. The first-order valence-corrected chi connectivity index (χ1v) is 6.05. The summed E-state index contributed by atoms with van der Waals surface area (Å²) in [6.45, 7) is 4.63. The number of aromatic nitrogens is 4. The van der Waals surface area contributed by atoms with Crippen LogP contribution in [-0.4, -0.2) is 19.7 Å². The van der Waals surface area contributed by atoms with Crippen LogP contribution in [0.4, 0.5) is 0 Å². The van der Waals surface area contributed by atoms with Gasteiger partial charge in [0.2, 0.25) is 0 Å². The number of nitrogens with zero attached hydrogens (tertiary/aromatic N) is 5. The van der Waals surface area contributed by atoms with Crippen LogP contribution >= 0.6 is 0 Å². The third-order valence-corrected chi connectivity index (χ3v) is 2.74. The molecular weight excluding hydrogens is 226 g/mol. The first kappa shape index (κ1) is 12.2. The van der Waals surface area contributed by atoms with Gasteiger partial charge < -0.3 is 0 Å². The molecule has 18 heavy (non-hydrogen) atoms. The largest absolute Gasteiger partial charge is 0.245 e. The molecule has 0 aliphatic rings. The Labute approximate surface area is 106 Å². The average Bonchev–Trinajstić information content (AvgIpc) is 2.81. The molecule has 5 heteroatoms. The van der Waals surface area contributed by atoms with Gasteiger partial charge in [-0.2, -0.15) is 10.4 Å². The molecule has 0 aliphatic heterocycles. The lowest BCUT2D eigenvalue weighted by atomic mass is 10.2. The van der Waals surface area contributed by atoms with Crippen LogP contribution in [0, 0.1) is 11.3 Å². The molecule has 0 saturated heterocycles. The van der Waals surface area contributed by atoms with Gasteiger partial charge in [0.25, 0.3) is 0 Å². The summed E-state index contributed by atoms with van der Waals surface area (Å²) in [6.07, 6.45) is 3.27. The standard InChI is InChI=1S/C13H15N5/c1-3-12-16-13(4-2)18(17-12)9-10-6-5-7-15-11(10)8-14/h5-7H,3-4,9H2,1-2H3. The van der Waals surface area contributed by atoms with Crippen LogP contribution in [0.5, 0.6) is 0 Å². The molecule has 0 amide bonds. The Morgan fingerprint density at radius 2 is 2.17 bits per heavy atom. The van der Waals surface area contributed by atoms with Crippen LogP contribution in [0.2, 0.25) is 0 Å². The van der Waals surface area contributed by atoms with Gasteiger partial charge in [-0.1, -0.05) is 19.9 Å². The number of nitriles is 1.